The molecule has 4 heteroatoms. The van der Waals surface area contributed by atoms with Crippen LogP contribution < -0.4 is 4.74 Å². The molecule has 92 valence electrons. The van der Waals surface area contributed by atoms with Crippen LogP contribution in [0, 0.1) is 0 Å². The molecule has 1 aliphatic rings. The highest BCUT2D eigenvalue weighted by atomic mass is 16.5. The first-order chi connectivity index (χ1) is 8.72. The molecular formula is C14H14N2O2. The minimum Gasteiger partial charge on any atom is -0.487 e. The van der Waals surface area contributed by atoms with E-state index in [2.05, 4.69) is 5.10 Å². The molecule has 4 nitrogen and oxygen atoms in total. The zero-order valence-corrected chi connectivity index (χ0v) is 10.2. The lowest BCUT2D eigenvalue weighted by Crippen LogP contribution is -1.99. The van der Waals surface area contributed by atoms with Gasteiger partial charge in [0.25, 0.3) is 0 Å². The molecule has 1 heterocycles. The maximum atomic E-state index is 11.5. The van der Waals surface area contributed by atoms with Crippen LogP contribution in [0.5, 0.6) is 5.75 Å². The zero-order chi connectivity index (χ0) is 12.5. The van der Waals surface area contributed by atoms with E-state index in [1.165, 1.54) is 0 Å². The molecule has 0 atom stereocenters. The second kappa shape index (κ2) is 4.29. The molecule has 0 N–H and O–H groups in total. The quantitative estimate of drug-likeness (QED) is 0.828. The second-order valence-corrected chi connectivity index (χ2v) is 4.51. The lowest BCUT2D eigenvalue weighted by molar-refractivity contribution is 0.0994. The van der Waals surface area contributed by atoms with E-state index < -0.39 is 0 Å². The van der Waals surface area contributed by atoms with Gasteiger partial charge in [0.05, 0.1) is 5.69 Å². The van der Waals surface area contributed by atoms with Crippen molar-refractivity contribution in [1.82, 2.24) is 9.78 Å². The summed E-state index contributed by atoms with van der Waals surface area (Å²) in [5, 5.41) is 4.25. The Balaban J connectivity index is 1.72. The number of fused-ring (bicyclic) bond motifs is 1. The fraction of sp³-hybridized carbons (Fsp3) is 0.286. The first-order valence-corrected chi connectivity index (χ1v) is 6.00. The number of Topliss-reactive ketones (excluding diaryl/α,β-unsaturated/α-hetero) is 1. The lowest BCUT2D eigenvalue weighted by Gasteiger charge is -2.06. The number of carbonyl (C=O) groups excluding carboxylic acids is 1. The summed E-state index contributed by atoms with van der Waals surface area (Å²) in [6.07, 6.45) is 3.34. The Morgan fingerprint density at radius 3 is 3.00 bits per heavy atom. The highest BCUT2D eigenvalue weighted by Gasteiger charge is 2.19. The third kappa shape index (κ3) is 2.01. The molecule has 0 aliphatic heterocycles. The van der Waals surface area contributed by atoms with E-state index in [0.29, 0.717) is 13.0 Å². The fourth-order valence-electron chi connectivity index (χ4n) is 2.22. The zero-order valence-electron chi connectivity index (χ0n) is 10.2. The average Bonchev–Trinajstić information content (AvgIpc) is 2.94. The van der Waals surface area contributed by atoms with Crippen LogP contribution in [0.1, 0.15) is 28.0 Å². The number of nitrogens with zero attached hydrogens (tertiary/aromatic N) is 2. The van der Waals surface area contributed by atoms with E-state index in [1.807, 2.05) is 37.5 Å². The van der Waals surface area contributed by atoms with Crippen LogP contribution in [0.3, 0.4) is 0 Å². The van der Waals surface area contributed by atoms with Gasteiger partial charge in [-0.05, 0) is 36.2 Å². The molecule has 2 aromatic rings. The molecule has 0 radical (unpaired) electrons. The second-order valence-electron chi connectivity index (χ2n) is 4.51. The van der Waals surface area contributed by atoms with Crippen molar-refractivity contribution in [3.63, 3.8) is 0 Å². The lowest BCUT2D eigenvalue weighted by atomic mass is 10.1. The van der Waals surface area contributed by atoms with Crippen LogP contribution in [0.4, 0.5) is 0 Å². The third-order valence-electron chi connectivity index (χ3n) is 3.15. The highest BCUT2D eigenvalue weighted by molar-refractivity contribution is 6.00. The van der Waals surface area contributed by atoms with Crippen LogP contribution >= 0.6 is 0 Å². The number of carbonyl (C=O) groups is 1. The Hall–Kier alpha value is -2.10. The van der Waals surface area contributed by atoms with Gasteiger partial charge < -0.3 is 4.74 Å². The number of ether oxygens (including phenoxy) is 1. The Morgan fingerprint density at radius 2 is 2.22 bits per heavy atom. The van der Waals surface area contributed by atoms with E-state index in [4.69, 9.17) is 4.74 Å². The smallest absolute Gasteiger partial charge is 0.163 e. The summed E-state index contributed by atoms with van der Waals surface area (Å²) in [6, 6.07) is 7.60. The first-order valence-electron chi connectivity index (χ1n) is 6.00. The molecule has 0 amide bonds. The SMILES string of the molecule is Cn1ccc(COc2ccc3c(c2)CCC3=O)n1. The maximum absolute atomic E-state index is 11.5. The average molecular weight is 242 g/mol. The van der Waals surface area contributed by atoms with Crippen LogP contribution in [0.25, 0.3) is 0 Å². The maximum Gasteiger partial charge on any atom is 0.163 e. The fourth-order valence-corrected chi connectivity index (χ4v) is 2.22. The normalized spacial score (nSPS) is 13.7. The number of rotatable bonds is 3. The molecule has 1 aromatic heterocycles. The van der Waals surface area contributed by atoms with Gasteiger partial charge in [0.15, 0.2) is 5.78 Å². The number of aryl methyl sites for hydroxylation is 2. The third-order valence-corrected chi connectivity index (χ3v) is 3.15. The molecule has 18 heavy (non-hydrogen) atoms. The van der Waals surface area contributed by atoms with Crippen molar-refractivity contribution in [2.75, 3.05) is 0 Å². The van der Waals surface area contributed by atoms with Gasteiger partial charge >= 0.3 is 0 Å². The van der Waals surface area contributed by atoms with E-state index in [1.54, 1.807) is 4.68 Å². The molecule has 0 unspecified atom stereocenters. The number of hydrogen-bond donors (Lipinski definition) is 0. The van der Waals surface area contributed by atoms with Gasteiger partial charge in [0, 0.05) is 25.2 Å². The largest absolute Gasteiger partial charge is 0.487 e. The topological polar surface area (TPSA) is 44.1 Å². The summed E-state index contributed by atoms with van der Waals surface area (Å²) in [5.41, 5.74) is 2.84. The van der Waals surface area contributed by atoms with Gasteiger partial charge in [-0.3, -0.25) is 9.48 Å². The molecule has 1 aliphatic carbocycles. The van der Waals surface area contributed by atoms with Gasteiger partial charge in [0.2, 0.25) is 0 Å². The Bertz CT molecular complexity index is 602. The van der Waals surface area contributed by atoms with Crippen LogP contribution in [-0.2, 0) is 20.1 Å². The number of hydrogen-bond acceptors (Lipinski definition) is 3. The van der Waals surface area contributed by atoms with E-state index in [9.17, 15) is 4.79 Å². The van der Waals surface area contributed by atoms with Crippen LogP contribution in [0.2, 0.25) is 0 Å². The molecule has 0 bridgehead atoms. The van der Waals surface area contributed by atoms with E-state index in [-0.39, 0.29) is 5.78 Å². The summed E-state index contributed by atoms with van der Waals surface area (Å²) in [4.78, 5) is 11.5. The molecule has 3 rings (SSSR count). The molecule has 0 fully saturated rings. The van der Waals surface area contributed by atoms with Gasteiger partial charge in [-0.2, -0.15) is 5.10 Å². The minimum atomic E-state index is 0.237. The predicted molar refractivity (Wildman–Crippen MR) is 66.6 cm³/mol. The molecule has 0 spiro atoms. The van der Waals surface area contributed by atoms with Gasteiger partial charge in [-0.25, -0.2) is 0 Å². The van der Waals surface area contributed by atoms with E-state index in [0.717, 1.165) is 29.0 Å². The van der Waals surface area contributed by atoms with Crippen molar-refractivity contribution in [2.24, 2.45) is 7.05 Å². The Morgan fingerprint density at radius 1 is 1.33 bits per heavy atom. The van der Waals surface area contributed by atoms with Gasteiger partial charge in [-0.1, -0.05) is 0 Å². The van der Waals surface area contributed by atoms with Crippen molar-refractivity contribution in [1.29, 1.82) is 0 Å². The van der Waals surface area contributed by atoms with E-state index >= 15 is 0 Å². The van der Waals surface area contributed by atoms with Crippen molar-refractivity contribution in [2.45, 2.75) is 19.4 Å². The number of ketones is 1. The predicted octanol–water partition coefficient (Wildman–Crippen LogP) is 2.13. The summed E-state index contributed by atoms with van der Waals surface area (Å²) in [5.74, 6) is 1.04. The highest BCUT2D eigenvalue weighted by Crippen LogP contribution is 2.26. The summed E-state index contributed by atoms with van der Waals surface area (Å²) in [6.45, 7) is 0.452. The summed E-state index contributed by atoms with van der Waals surface area (Å²) < 4.78 is 7.43. The monoisotopic (exact) mass is 242 g/mol. The van der Waals surface area contributed by atoms with Crippen molar-refractivity contribution >= 4 is 5.78 Å². The molecular weight excluding hydrogens is 228 g/mol. The number of benzene rings is 1. The van der Waals surface area contributed by atoms with Crippen molar-refractivity contribution in [3.05, 3.63) is 47.3 Å². The van der Waals surface area contributed by atoms with Crippen LogP contribution in [0.15, 0.2) is 30.5 Å². The van der Waals surface area contributed by atoms with Crippen molar-refractivity contribution in [3.8, 4) is 5.75 Å². The minimum absolute atomic E-state index is 0.237. The Labute approximate surface area is 105 Å². The summed E-state index contributed by atoms with van der Waals surface area (Å²) in [7, 11) is 1.88. The molecule has 0 saturated carbocycles. The first kappa shape index (κ1) is 11.0. The van der Waals surface area contributed by atoms with Crippen molar-refractivity contribution < 1.29 is 9.53 Å². The molecule has 1 aromatic carbocycles. The summed E-state index contributed by atoms with van der Waals surface area (Å²) >= 11 is 0. The van der Waals surface area contributed by atoms with Gasteiger partial charge in [-0.15, -0.1) is 0 Å². The molecule has 0 saturated heterocycles. The van der Waals surface area contributed by atoms with Crippen LogP contribution in [-0.4, -0.2) is 15.6 Å². The standard InChI is InChI=1S/C14H14N2O2/c1-16-7-6-11(15-16)9-18-12-3-4-13-10(8-12)2-5-14(13)17/h3-4,6-8H,2,5,9H2,1H3. The van der Waals surface area contributed by atoms with Gasteiger partial charge in [0.1, 0.15) is 12.4 Å². The Kier molecular flexibility index (Phi) is 2.63. The number of aromatic nitrogens is 2.